The van der Waals surface area contributed by atoms with E-state index < -0.39 is 12.4 Å². The van der Waals surface area contributed by atoms with E-state index in [-0.39, 0.29) is 11.0 Å². The molecule has 0 aliphatic heterocycles. The highest BCUT2D eigenvalue weighted by atomic mass is 32.2. The molecule has 18 heavy (non-hydrogen) atoms. The first-order valence-corrected chi connectivity index (χ1v) is 5.98. The molecular formula is C11H9F2NO3S. The number of esters is 1. The van der Waals surface area contributed by atoms with Crippen molar-refractivity contribution in [2.45, 2.75) is 11.6 Å². The van der Waals surface area contributed by atoms with Gasteiger partial charge >= 0.3 is 5.97 Å². The van der Waals surface area contributed by atoms with Crippen LogP contribution in [0.15, 0.2) is 27.8 Å². The molecular weight excluding hydrogens is 264 g/mol. The summed E-state index contributed by atoms with van der Waals surface area (Å²) in [6.07, 6.45) is -2.42. The lowest BCUT2D eigenvalue weighted by atomic mass is 10.2. The van der Waals surface area contributed by atoms with Crippen molar-refractivity contribution in [1.82, 2.24) is 4.98 Å². The quantitative estimate of drug-likeness (QED) is 0.633. The number of fused-ring (bicyclic) bond motifs is 1. The molecule has 4 nitrogen and oxygen atoms in total. The van der Waals surface area contributed by atoms with Crippen LogP contribution in [0.2, 0.25) is 0 Å². The molecule has 0 spiro atoms. The van der Waals surface area contributed by atoms with Crippen LogP contribution in [0, 0.1) is 0 Å². The standard InChI is InChI=1S/C11H9F2NO3S/c1-16-10(15)6-2-3-7-8(4-6)17-11(14-7)18-5-9(12)13/h2-4,9H,5H2,1H3. The SMILES string of the molecule is COC(=O)c1ccc2nc(SCC(F)F)oc2c1. The molecule has 0 aliphatic rings. The fraction of sp³-hybridized carbons (Fsp3) is 0.273. The Hall–Kier alpha value is -1.63. The number of hydrogen-bond acceptors (Lipinski definition) is 5. The number of halogens is 2. The summed E-state index contributed by atoms with van der Waals surface area (Å²) >= 11 is 0.830. The maximum Gasteiger partial charge on any atom is 0.337 e. The van der Waals surface area contributed by atoms with Crippen molar-refractivity contribution in [1.29, 1.82) is 0 Å². The van der Waals surface area contributed by atoms with Gasteiger partial charge in [-0.15, -0.1) is 0 Å². The molecule has 96 valence electrons. The molecule has 1 aromatic heterocycles. The highest BCUT2D eigenvalue weighted by Gasteiger charge is 2.12. The van der Waals surface area contributed by atoms with Gasteiger partial charge in [0.05, 0.1) is 18.4 Å². The summed E-state index contributed by atoms with van der Waals surface area (Å²) in [5.41, 5.74) is 1.21. The van der Waals surface area contributed by atoms with E-state index in [2.05, 4.69) is 9.72 Å². The first kappa shape index (κ1) is 12.8. The van der Waals surface area contributed by atoms with Gasteiger partial charge in [-0.05, 0) is 18.2 Å². The van der Waals surface area contributed by atoms with Gasteiger partial charge < -0.3 is 9.15 Å². The van der Waals surface area contributed by atoms with Crippen molar-refractivity contribution < 1.29 is 22.7 Å². The Kier molecular flexibility index (Phi) is 3.81. The number of aromatic nitrogens is 1. The Morgan fingerprint density at radius 3 is 3.00 bits per heavy atom. The molecule has 1 heterocycles. The fourth-order valence-corrected chi connectivity index (χ4v) is 1.92. The molecule has 0 unspecified atom stereocenters. The van der Waals surface area contributed by atoms with Crippen molar-refractivity contribution in [3.63, 3.8) is 0 Å². The molecule has 1 aromatic carbocycles. The Morgan fingerprint density at radius 2 is 2.33 bits per heavy atom. The maximum absolute atomic E-state index is 12.0. The van der Waals surface area contributed by atoms with E-state index in [1.54, 1.807) is 6.07 Å². The molecule has 0 atom stereocenters. The topological polar surface area (TPSA) is 52.3 Å². The minimum absolute atomic E-state index is 0.160. The molecule has 0 N–H and O–H groups in total. The fourth-order valence-electron chi connectivity index (χ4n) is 1.34. The van der Waals surface area contributed by atoms with Crippen LogP contribution >= 0.6 is 11.8 Å². The second-order valence-corrected chi connectivity index (χ2v) is 4.33. The van der Waals surface area contributed by atoms with Gasteiger partial charge in [-0.3, -0.25) is 0 Å². The Balaban J connectivity index is 2.25. The summed E-state index contributed by atoms with van der Waals surface area (Å²) in [6, 6.07) is 4.59. The second kappa shape index (κ2) is 5.34. The van der Waals surface area contributed by atoms with Gasteiger partial charge in [0.1, 0.15) is 5.52 Å². The zero-order valence-electron chi connectivity index (χ0n) is 9.35. The third-order valence-electron chi connectivity index (χ3n) is 2.12. The molecule has 0 saturated heterocycles. The molecule has 7 heteroatoms. The van der Waals surface area contributed by atoms with Gasteiger partial charge in [0.2, 0.25) is 6.43 Å². The summed E-state index contributed by atoms with van der Waals surface area (Å²) in [7, 11) is 1.27. The average molecular weight is 273 g/mol. The lowest BCUT2D eigenvalue weighted by Crippen LogP contribution is -2.00. The van der Waals surface area contributed by atoms with Gasteiger partial charge in [0.15, 0.2) is 5.58 Å². The number of hydrogen-bond donors (Lipinski definition) is 0. The molecule has 0 saturated carbocycles. The monoisotopic (exact) mass is 273 g/mol. The zero-order valence-corrected chi connectivity index (χ0v) is 10.2. The van der Waals surface area contributed by atoms with Crippen LogP contribution in [0.4, 0.5) is 8.78 Å². The number of benzene rings is 1. The second-order valence-electron chi connectivity index (χ2n) is 3.36. The van der Waals surface area contributed by atoms with Crippen LogP contribution in [0.5, 0.6) is 0 Å². The molecule has 0 bridgehead atoms. The minimum atomic E-state index is -2.42. The number of oxazole rings is 1. The Bertz CT molecular complexity index is 570. The van der Waals surface area contributed by atoms with Crippen LogP contribution in [0.3, 0.4) is 0 Å². The average Bonchev–Trinajstić information content (AvgIpc) is 2.77. The first-order valence-electron chi connectivity index (χ1n) is 5.00. The van der Waals surface area contributed by atoms with Gasteiger partial charge in [0, 0.05) is 0 Å². The number of carbonyl (C=O) groups excluding carboxylic acids is 1. The number of thioether (sulfide) groups is 1. The van der Waals surface area contributed by atoms with Crippen LogP contribution in [-0.2, 0) is 4.74 Å². The lowest BCUT2D eigenvalue weighted by molar-refractivity contribution is 0.0600. The third kappa shape index (κ3) is 2.79. The summed E-state index contributed by atoms with van der Waals surface area (Å²) < 4.78 is 33.9. The maximum atomic E-state index is 12.0. The van der Waals surface area contributed by atoms with Crippen LogP contribution in [0.25, 0.3) is 11.1 Å². The van der Waals surface area contributed by atoms with Gasteiger partial charge in [-0.2, -0.15) is 0 Å². The number of methoxy groups -OCH3 is 1. The summed E-state index contributed by atoms with van der Waals surface area (Å²) in [6.45, 7) is 0. The van der Waals surface area contributed by atoms with Gasteiger partial charge in [-0.25, -0.2) is 18.6 Å². The number of alkyl halides is 2. The summed E-state index contributed by atoms with van der Waals surface area (Å²) in [5, 5.41) is 0.160. The zero-order chi connectivity index (χ0) is 13.1. The van der Waals surface area contributed by atoms with E-state index in [1.807, 2.05) is 0 Å². The highest BCUT2D eigenvalue weighted by molar-refractivity contribution is 7.99. The van der Waals surface area contributed by atoms with Gasteiger partial charge in [0.25, 0.3) is 5.22 Å². The summed E-state index contributed by atoms with van der Waals surface area (Å²) in [5.74, 6) is -0.869. The highest BCUT2D eigenvalue weighted by Crippen LogP contribution is 2.25. The third-order valence-corrected chi connectivity index (χ3v) is 2.96. The van der Waals surface area contributed by atoms with E-state index in [0.29, 0.717) is 16.7 Å². The summed E-state index contributed by atoms with van der Waals surface area (Å²) in [4.78, 5) is 15.3. The number of nitrogens with zero attached hydrogens (tertiary/aromatic N) is 1. The van der Waals surface area contributed by atoms with Crippen molar-refractivity contribution >= 4 is 28.8 Å². The largest absolute Gasteiger partial charge is 0.465 e. The lowest BCUT2D eigenvalue weighted by Gasteiger charge is -1.96. The van der Waals surface area contributed by atoms with Gasteiger partial charge in [-0.1, -0.05) is 11.8 Å². The molecule has 0 radical (unpaired) electrons. The van der Waals surface area contributed by atoms with Crippen LogP contribution in [-0.4, -0.2) is 30.2 Å². The van der Waals surface area contributed by atoms with Crippen LogP contribution < -0.4 is 0 Å². The number of carbonyl (C=O) groups is 1. The minimum Gasteiger partial charge on any atom is -0.465 e. The number of ether oxygens (including phenoxy) is 1. The predicted molar refractivity (Wildman–Crippen MR) is 62.1 cm³/mol. The van der Waals surface area contributed by atoms with Crippen molar-refractivity contribution in [3.05, 3.63) is 23.8 Å². The molecule has 2 aromatic rings. The van der Waals surface area contributed by atoms with E-state index in [1.165, 1.54) is 19.2 Å². The van der Waals surface area contributed by atoms with E-state index >= 15 is 0 Å². The Labute approximate surface area is 105 Å². The molecule has 2 rings (SSSR count). The smallest absolute Gasteiger partial charge is 0.337 e. The van der Waals surface area contributed by atoms with Crippen LogP contribution in [0.1, 0.15) is 10.4 Å². The van der Waals surface area contributed by atoms with E-state index in [0.717, 1.165) is 11.8 Å². The molecule has 0 aliphatic carbocycles. The van der Waals surface area contributed by atoms with Crippen molar-refractivity contribution in [2.24, 2.45) is 0 Å². The molecule has 0 amide bonds. The predicted octanol–water partition coefficient (Wildman–Crippen LogP) is 2.97. The normalized spacial score (nSPS) is 11.1. The molecule has 0 fully saturated rings. The van der Waals surface area contributed by atoms with Crippen molar-refractivity contribution in [2.75, 3.05) is 12.9 Å². The van der Waals surface area contributed by atoms with E-state index in [4.69, 9.17) is 4.42 Å². The Morgan fingerprint density at radius 1 is 1.56 bits per heavy atom. The van der Waals surface area contributed by atoms with Crippen molar-refractivity contribution in [3.8, 4) is 0 Å². The first-order chi connectivity index (χ1) is 8.60. The number of rotatable bonds is 4. The van der Waals surface area contributed by atoms with E-state index in [9.17, 15) is 13.6 Å².